The van der Waals surface area contributed by atoms with E-state index < -0.39 is 155 Å². The van der Waals surface area contributed by atoms with Gasteiger partial charge in [0.1, 0.15) is 67.1 Å². The molecule has 3 fully saturated rings. The first-order valence-corrected chi connectivity index (χ1v) is 38.1. The van der Waals surface area contributed by atoms with Gasteiger partial charge in [0, 0.05) is 19.8 Å². The molecule has 0 bridgehead atoms. The number of ether oxygens (including phenoxy) is 6. The molecule has 3 aliphatic rings. The van der Waals surface area contributed by atoms with Crippen LogP contribution < -0.4 is 10.6 Å². The SMILES string of the molecule is CCCCCCCCCCCCCCCCCCCCCCCC/C=C/C(O)C(COC1OC(CO)C(OC2OC(CO)C(O)C(OC3(C(=O)O)CC(O)C(NC(C)=O)C(C(O)C(O)CO)O3)C2O)C(O)C1O)NC(=O)CCCCCCCCCCCCCCCCCCCC. The van der Waals surface area contributed by atoms with Gasteiger partial charge in [-0.1, -0.05) is 270 Å². The molecule has 0 saturated carbocycles. The number of carbonyl (C=O) groups excluding carboxylic acids is 2. The molecule has 3 saturated heterocycles. The summed E-state index contributed by atoms with van der Waals surface area (Å²) in [4.78, 5) is 38.6. The van der Waals surface area contributed by atoms with E-state index in [1.165, 1.54) is 205 Å². The zero-order chi connectivity index (χ0) is 70.4. The summed E-state index contributed by atoms with van der Waals surface area (Å²) < 4.78 is 34.9. The molecule has 0 aromatic rings. The van der Waals surface area contributed by atoms with E-state index in [1.54, 1.807) is 6.08 Å². The number of allylic oxidation sites excluding steroid dienone is 1. The lowest BCUT2D eigenvalue weighted by Crippen LogP contribution is -2.70. The first-order chi connectivity index (χ1) is 46.4. The molecular weight excluding hydrogens is 1240 g/mol. The third-order valence-electron chi connectivity index (χ3n) is 19.5. The van der Waals surface area contributed by atoms with E-state index in [-0.39, 0.29) is 12.3 Å². The molecule has 0 aliphatic carbocycles. The van der Waals surface area contributed by atoms with Crippen molar-refractivity contribution in [3.05, 3.63) is 12.2 Å². The summed E-state index contributed by atoms with van der Waals surface area (Å²) in [5.41, 5.74) is 0. The molecule has 3 aliphatic heterocycles. The summed E-state index contributed by atoms with van der Waals surface area (Å²) in [6, 6.07) is -2.61. The van der Waals surface area contributed by atoms with Crippen LogP contribution in [0.2, 0.25) is 0 Å². The molecule has 0 aromatic carbocycles. The minimum absolute atomic E-state index is 0.205. The molecule has 96 heavy (non-hydrogen) atoms. The Hall–Kier alpha value is -2.53. The summed E-state index contributed by atoms with van der Waals surface area (Å²) in [5.74, 6) is -6.13. The van der Waals surface area contributed by atoms with Crippen LogP contribution in [0.3, 0.4) is 0 Å². The Labute approximate surface area is 575 Å². The first-order valence-electron chi connectivity index (χ1n) is 38.1. The molecular formula is C73H136N2O21. The van der Waals surface area contributed by atoms with E-state index in [0.29, 0.717) is 12.8 Å². The first kappa shape index (κ1) is 87.7. The van der Waals surface area contributed by atoms with Crippen LogP contribution in [0, 0.1) is 0 Å². The van der Waals surface area contributed by atoms with Crippen molar-refractivity contribution in [1.29, 1.82) is 0 Å². The van der Waals surface area contributed by atoms with Gasteiger partial charge >= 0.3 is 5.97 Å². The normalized spacial score (nSPS) is 27.6. The minimum atomic E-state index is -3.08. The topological polar surface area (TPSA) is 373 Å². The number of aliphatic hydroxyl groups excluding tert-OH is 11. The van der Waals surface area contributed by atoms with Gasteiger partial charge in [0.05, 0.1) is 50.7 Å². The van der Waals surface area contributed by atoms with Crippen LogP contribution in [0.25, 0.3) is 0 Å². The number of hydrogen-bond acceptors (Lipinski definition) is 20. The molecule has 18 atom stereocenters. The van der Waals surface area contributed by atoms with Gasteiger partial charge in [-0.15, -0.1) is 0 Å². The highest BCUT2D eigenvalue weighted by Gasteiger charge is 2.60. The molecule has 18 unspecified atom stereocenters. The second-order valence-electron chi connectivity index (χ2n) is 27.9. The number of rotatable bonds is 59. The minimum Gasteiger partial charge on any atom is -0.477 e. The third kappa shape index (κ3) is 34.4. The summed E-state index contributed by atoms with van der Waals surface area (Å²) in [6.07, 6.45) is 25.3. The van der Waals surface area contributed by atoms with Crippen molar-refractivity contribution >= 4 is 17.8 Å². The molecule has 0 aromatic heterocycles. The van der Waals surface area contributed by atoms with Gasteiger partial charge in [-0.25, -0.2) is 4.79 Å². The predicted octanol–water partition coefficient (Wildman–Crippen LogP) is 8.63. The van der Waals surface area contributed by atoms with Gasteiger partial charge in [0.2, 0.25) is 11.8 Å². The Morgan fingerprint density at radius 1 is 0.542 bits per heavy atom. The van der Waals surface area contributed by atoms with Gasteiger partial charge in [-0.3, -0.25) is 9.59 Å². The van der Waals surface area contributed by atoms with E-state index in [9.17, 15) is 75.7 Å². The lowest BCUT2D eigenvalue weighted by atomic mass is 9.88. The number of carboxylic acids is 1. The van der Waals surface area contributed by atoms with Crippen LogP contribution in [0.15, 0.2) is 12.2 Å². The van der Waals surface area contributed by atoms with Crippen LogP contribution in [0.1, 0.15) is 297 Å². The second-order valence-corrected chi connectivity index (χ2v) is 27.9. The van der Waals surface area contributed by atoms with E-state index in [4.69, 9.17) is 28.4 Å². The maximum absolute atomic E-state index is 13.5. The van der Waals surface area contributed by atoms with Gasteiger partial charge in [-0.05, 0) is 19.3 Å². The summed E-state index contributed by atoms with van der Waals surface area (Å²) in [6.45, 7) is 2.18. The summed E-state index contributed by atoms with van der Waals surface area (Å²) in [5, 5.41) is 136. The zero-order valence-electron chi connectivity index (χ0n) is 59.2. The van der Waals surface area contributed by atoms with Crippen LogP contribution in [-0.4, -0.2) is 215 Å². The fourth-order valence-corrected chi connectivity index (χ4v) is 13.4. The van der Waals surface area contributed by atoms with Crippen molar-refractivity contribution < 1.29 is 104 Å². The largest absolute Gasteiger partial charge is 0.477 e. The number of hydrogen-bond donors (Lipinski definition) is 14. The van der Waals surface area contributed by atoms with Crippen molar-refractivity contribution in [2.75, 3.05) is 26.4 Å². The summed E-state index contributed by atoms with van der Waals surface area (Å²) in [7, 11) is 0. The van der Waals surface area contributed by atoms with Crippen molar-refractivity contribution in [1.82, 2.24) is 10.6 Å². The molecule has 0 spiro atoms. The van der Waals surface area contributed by atoms with Gasteiger partial charge in [0.25, 0.3) is 5.79 Å². The van der Waals surface area contributed by atoms with Crippen LogP contribution >= 0.6 is 0 Å². The Kier molecular flexibility index (Phi) is 48.7. The van der Waals surface area contributed by atoms with Crippen molar-refractivity contribution in [2.45, 2.75) is 407 Å². The van der Waals surface area contributed by atoms with E-state index >= 15 is 0 Å². The average Bonchev–Trinajstić information content (AvgIpc) is 0.758. The molecule has 3 rings (SSSR count). The molecule has 3 heterocycles. The maximum atomic E-state index is 13.5. The quantitative estimate of drug-likeness (QED) is 0.0200. The molecule has 23 heteroatoms. The second kappa shape index (κ2) is 53.3. The smallest absolute Gasteiger partial charge is 0.364 e. The fraction of sp³-hybridized carbons (Fsp3) is 0.932. The van der Waals surface area contributed by atoms with Crippen LogP contribution in [-0.2, 0) is 42.8 Å². The van der Waals surface area contributed by atoms with Crippen molar-refractivity contribution in [3.63, 3.8) is 0 Å². The zero-order valence-corrected chi connectivity index (χ0v) is 59.2. The standard InChI is InChI=1S/C73H136N2O21/c1-4-6-8-10-12-14-16-18-20-22-24-25-26-27-28-29-30-32-34-36-38-40-42-44-46-55(80)54(75-60(83)47-45-43-41-39-37-35-33-31-23-21-19-17-15-13-11-9-7-5-2)52-91-70-65(87)64(86)67(59(51-78)93-70)94-71-66(88)69(63(85)58(50-77)92-71)96-73(72(89)90)48-56(81)61(74-53(3)79)68(95-73)62(84)57(82)49-76/h44,46,54-59,61-71,76-78,80-82,84-88H,4-43,45,47-52H2,1-3H3,(H,74,79)(H,75,83)(H,89,90)/b46-44+. The number of nitrogens with one attached hydrogen (secondary N) is 2. The van der Waals surface area contributed by atoms with E-state index in [0.717, 1.165) is 51.9 Å². The summed E-state index contributed by atoms with van der Waals surface area (Å²) >= 11 is 0. The molecule has 0 radical (unpaired) electrons. The number of aliphatic carboxylic acids is 1. The highest BCUT2D eigenvalue weighted by molar-refractivity contribution is 5.77. The maximum Gasteiger partial charge on any atom is 0.364 e. The number of carbonyl (C=O) groups is 3. The Bertz CT molecular complexity index is 1980. The Morgan fingerprint density at radius 3 is 1.39 bits per heavy atom. The van der Waals surface area contributed by atoms with Crippen LogP contribution in [0.5, 0.6) is 0 Å². The van der Waals surface area contributed by atoms with Gasteiger partial charge in [-0.2, -0.15) is 0 Å². The molecule has 14 N–H and O–H groups in total. The number of unbranched alkanes of at least 4 members (excludes halogenated alkanes) is 39. The number of amides is 2. The highest BCUT2D eigenvalue weighted by atomic mass is 16.8. The Morgan fingerprint density at radius 2 is 0.969 bits per heavy atom. The number of carboxylic acid groups (broad SMARTS) is 1. The molecule has 564 valence electrons. The van der Waals surface area contributed by atoms with Gasteiger partial charge < -0.3 is 100 Å². The lowest BCUT2D eigenvalue weighted by Gasteiger charge is -2.50. The average molecular weight is 1380 g/mol. The Balaban J connectivity index is 1.56. The van der Waals surface area contributed by atoms with E-state index in [1.807, 2.05) is 6.08 Å². The third-order valence-corrected chi connectivity index (χ3v) is 19.5. The monoisotopic (exact) mass is 1380 g/mol. The van der Waals surface area contributed by atoms with Gasteiger partial charge in [0.15, 0.2) is 12.6 Å². The fourth-order valence-electron chi connectivity index (χ4n) is 13.4. The van der Waals surface area contributed by atoms with E-state index in [2.05, 4.69) is 24.5 Å². The highest BCUT2D eigenvalue weighted by Crippen LogP contribution is 2.39. The molecule has 23 nitrogen and oxygen atoms in total. The van der Waals surface area contributed by atoms with Crippen molar-refractivity contribution in [3.8, 4) is 0 Å². The van der Waals surface area contributed by atoms with Crippen molar-refractivity contribution in [2.24, 2.45) is 0 Å². The lowest BCUT2D eigenvalue weighted by molar-refractivity contribution is -0.386. The number of aliphatic hydroxyl groups is 11. The van der Waals surface area contributed by atoms with Crippen LogP contribution in [0.4, 0.5) is 0 Å². The molecule has 2 amide bonds. The predicted molar refractivity (Wildman–Crippen MR) is 366 cm³/mol.